The van der Waals surface area contributed by atoms with Gasteiger partial charge in [0.15, 0.2) is 5.78 Å². The molecule has 0 unspecified atom stereocenters. The number of esters is 1. The zero-order chi connectivity index (χ0) is 12.8. The van der Waals surface area contributed by atoms with Gasteiger partial charge in [0, 0.05) is 5.92 Å². The number of hydrogen-bond donors (Lipinski definition) is 0. The van der Waals surface area contributed by atoms with Crippen LogP contribution in [0.5, 0.6) is 0 Å². The van der Waals surface area contributed by atoms with Crippen molar-refractivity contribution in [3.8, 4) is 0 Å². The second kappa shape index (κ2) is 3.82. The molecule has 0 aromatic rings. The molecule has 3 nitrogen and oxygen atoms in total. The molecule has 2 aliphatic carbocycles. The minimum Gasteiger partial charge on any atom is -0.459 e. The predicted octanol–water partition coefficient (Wildman–Crippen LogP) is 2.72. The highest BCUT2D eigenvalue weighted by atomic mass is 16.6. The van der Waals surface area contributed by atoms with E-state index < -0.39 is 11.0 Å². The summed E-state index contributed by atoms with van der Waals surface area (Å²) >= 11 is 0. The van der Waals surface area contributed by atoms with Crippen LogP contribution < -0.4 is 0 Å². The number of hydrogen-bond acceptors (Lipinski definition) is 3. The van der Waals surface area contributed by atoms with Gasteiger partial charge in [-0.3, -0.25) is 9.59 Å². The molecule has 0 heterocycles. The van der Waals surface area contributed by atoms with Crippen molar-refractivity contribution in [1.82, 2.24) is 0 Å². The van der Waals surface area contributed by atoms with Gasteiger partial charge >= 0.3 is 5.97 Å². The summed E-state index contributed by atoms with van der Waals surface area (Å²) in [5.74, 6) is 0.251. The van der Waals surface area contributed by atoms with Crippen molar-refractivity contribution in [1.29, 1.82) is 0 Å². The molecular weight excluding hydrogens is 216 g/mol. The molecule has 0 aromatic heterocycles. The van der Waals surface area contributed by atoms with Crippen molar-refractivity contribution in [3.05, 3.63) is 0 Å². The molecule has 17 heavy (non-hydrogen) atoms. The van der Waals surface area contributed by atoms with Crippen LogP contribution in [0.15, 0.2) is 0 Å². The largest absolute Gasteiger partial charge is 0.459 e. The molecule has 0 N–H and O–H groups in total. The molecule has 2 fully saturated rings. The first-order chi connectivity index (χ1) is 7.79. The molecule has 0 atom stereocenters. The van der Waals surface area contributed by atoms with Gasteiger partial charge in [-0.05, 0) is 45.4 Å². The summed E-state index contributed by atoms with van der Waals surface area (Å²) in [5, 5.41) is 0. The van der Waals surface area contributed by atoms with Crippen LogP contribution in [0.4, 0.5) is 0 Å². The van der Waals surface area contributed by atoms with E-state index in [1.54, 1.807) is 0 Å². The fraction of sp³-hybridized carbons (Fsp3) is 0.857. The van der Waals surface area contributed by atoms with Crippen LogP contribution >= 0.6 is 0 Å². The van der Waals surface area contributed by atoms with Crippen LogP contribution in [0.3, 0.4) is 0 Å². The molecule has 0 aromatic carbocycles. The maximum absolute atomic E-state index is 12.2. The molecule has 2 aliphatic rings. The van der Waals surface area contributed by atoms with Crippen LogP contribution in [-0.2, 0) is 14.3 Å². The van der Waals surface area contributed by atoms with E-state index in [-0.39, 0.29) is 23.6 Å². The smallest absolute Gasteiger partial charge is 0.320 e. The lowest BCUT2D eigenvalue weighted by Crippen LogP contribution is -2.39. The molecule has 2 rings (SSSR count). The minimum absolute atomic E-state index is 0.141. The Bertz CT molecular complexity index is 346. The Morgan fingerprint density at radius 2 is 1.76 bits per heavy atom. The molecule has 0 radical (unpaired) electrons. The second-order valence-electron chi connectivity index (χ2n) is 6.37. The molecule has 0 amide bonds. The highest BCUT2D eigenvalue weighted by Crippen LogP contribution is 2.53. The third-order valence-electron chi connectivity index (χ3n) is 4.31. The first kappa shape index (κ1) is 12.6. The summed E-state index contributed by atoms with van der Waals surface area (Å²) < 4.78 is 5.57. The van der Waals surface area contributed by atoms with E-state index >= 15 is 0 Å². The van der Waals surface area contributed by atoms with E-state index in [0.717, 1.165) is 12.8 Å². The highest BCUT2D eigenvalue weighted by molar-refractivity contribution is 6.08. The summed E-state index contributed by atoms with van der Waals surface area (Å²) in [5.41, 5.74) is -1.25. The van der Waals surface area contributed by atoms with Crippen molar-refractivity contribution in [2.75, 3.05) is 0 Å². The summed E-state index contributed by atoms with van der Waals surface area (Å²) in [4.78, 5) is 24.3. The van der Waals surface area contributed by atoms with Crippen LogP contribution in [-0.4, -0.2) is 17.4 Å². The van der Waals surface area contributed by atoms with Gasteiger partial charge < -0.3 is 4.74 Å². The lowest BCUT2D eigenvalue weighted by molar-refractivity contribution is -0.169. The molecule has 3 heteroatoms. The van der Waals surface area contributed by atoms with Crippen molar-refractivity contribution in [3.63, 3.8) is 0 Å². The van der Waals surface area contributed by atoms with Crippen molar-refractivity contribution in [2.24, 2.45) is 17.3 Å². The highest BCUT2D eigenvalue weighted by Gasteiger charge is 2.61. The topological polar surface area (TPSA) is 43.4 Å². The molecule has 0 saturated heterocycles. The zero-order valence-corrected chi connectivity index (χ0v) is 11.2. The Morgan fingerprint density at radius 3 is 2.12 bits per heavy atom. The van der Waals surface area contributed by atoms with Gasteiger partial charge in [0.05, 0.1) is 0 Å². The van der Waals surface area contributed by atoms with E-state index in [0.29, 0.717) is 12.8 Å². The number of carbonyl (C=O) groups is 2. The average Bonchev–Trinajstić information content (AvgIpc) is 3.10. The third-order valence-corrected chi connectivity index (χ3v) is 4.31. The van der Waals surface area contributed by atoms with Crippen LogP contribution in [0.25, 0.3) is 0 Å². The van der Waals surface area contributed by atoms with E-state index in [4.69, 9.17) is 4.74 Å². The third kappa shape index (κ3) is 2.24. The lowest BCUT2D eigenvalue weighted by Gasteiger charge is -2.31. The van der Waals surface area contributed by atoms with Crippen molar-refractivity contribution < 1.29 is 14.3 Å². The summed E-state index contributed by atoms with van der Waals surface area (Å²) in [6, 6.07) is 0. The minimum atomic E-state index is -0.757. The normalized spacial score (nSPS) is 22.4. The number of ketones is 1. The Kier molecular flexibility index (Phi) is 2.83. The summed E-state index contributed by atoms with van der Waals surface area (Å²) in [6.45, 7) is 7.87. The van der Waals surface area contributed by atoms with E-state index in [9.17, 15) is 9.59 Å². The lowest BCUT2D eigenvalue weighted by atomic mass is 9.93. The fourth-order valence-electron chi connectivity index (χ4n) is 1.87. The average molecular weight is 238 g/mol. The molecule has 0 bridgehead atoms. The van der Waals surface area contributed by atoms with E-state index in [1.807, 2.05) is 27.7 Å². The molecular formula is C14H22O3. The van der Waals surface area contributed by atoms with Gasteiger partial charge in [-0.25, -0.2) is 0 Å². The van der Waals surface area contributed by atoms with Gasteiger partial charge in [-0.1, -0.05) is 13.8 Å². The number of rotatable bonds is 5. The summed E-state index contributed by atoms with van der Waals surface area (Å²) in [6.07, 6.45) is 3.30. The Labute approximate surface area is 103 Å². The maximum atomic E-state index is 12.2. The number of Topliss-reactive ketones (excluding diaryl/α,β-unsaturated/α-hetero) is 1. The monoisotopic (exact) mass is 238 g/mol. The Balaban J connectivity index is 2.03. The molecule has 0 aliphatic heterocycles. The van der Waals surface area contributed by atoms with Crippen molar-refractivity contribution in [2.45, 2.75) is 59.0 Å². The van der Waals surface area contributed by atoms with Gasteiger partial charge in [0.2, 0.25) is 0 Å². The molecule has 0 spiro atoms. The second-order valence-corrected chi connectivity index (χ2v) is 6.37. The van der Waals surface area contributed by atoms with Crippen LogP contribution in [0.2, 0.25) is 0 Å². The molecule has 96 valence electrons. The van der Waals surface area contributed by atoms with Gasteiger partial charge in [0.1, 0.15) is 11.0 Å². The SMILES string of the molecule is CC(C)C(C)(C)OC(=O)C1(C(=O)C2CC2)CC1. The molecule has 2 saturated carbocycles. The standard InChI is InChI=1S/C14H22O3/c1-9(2)13(3,4)17-12(16)14(7-8-14)11(15)10-5-6-10/h9-10H,5-8H2,1-4H3. The van der Waals surface area contributed by atoms with E-state index in [2.05, 4.69) is 0 Å². The Morgan fingerprint density at radius 1 is 1.24 bits per heavy atom. The summed E-state index contributed by atoms with van der Waals surface area (Å²) in [7, 11) is 0. The Hall–Kier alpha value is -0.860. The fourth-order valence-corrected chi connectivity index (χ4v) is 1.87. The zero-order valence-electron chi connectivity index (χ0n) is 11.2. The quantitative estimate of drug-likeness (QED) is 0.546. The van der Waals surface area contributed by atoms with Gasteiger partial charge in [0.25, 0.3) is 0 Å². The number of carbonyl (C=O) groups excluding carboxylic acids is 2. The predicted molar refractivity (Wildman–Crippen MR) is 64.4 cm³/mol. The number of ether oxygens (including phenoxy) is 1. The van der Waals surface area contributed by atoms with Crippen LogP contribution in [0.1, 0.15) is 53.4 Å². The van der Waals surface area contributed by atoms with Gasteiger partial charge in [-0.15, -0.1) is 0 Å². The maximum Gasteiger partial charge on any atom is 0.320 e. The van der Waals surface area contributed by atoms with Gasteiger partial charge in [-0.2, -0.15) is 0 Å². The van der Waals surface area contributed by atoms with Crippen molar-refractivity contribution >= 4 is 11.8 Å². The van der Waals surface area contributed by atoms with Crippen LogP contribution in [0, 0.1) is 17.3 Å². The first-order valence-electron chi connectivity index (χ1n) is 6.57. The first-order valence-corrected chi connectivity index (χ1v) is 6.57. The van der Waals surface area contributed by atoms with E-state index in [1.165, 1.54) is 0 Å².